The van der Waals surface area contributed by atoms with Crippen LogP contribution in [0.15, 0.2) is 30.3 Å². The molecule has 0 spiro atoms. The van der Waals surface area contributed by atoms with Gasteiger partial charge in [0.15, 0.2) is 0 Å². The molecule has 18 heavy (non-hydrogen) atoms. The van der Waals surface area contributed by atoms with E-state index in [1.807, 2.05) is 18.2 Å². The van der Waals surface area contributed by atoms with E-state index in [9.17, 15) is 9.59 Å². The van der Waals surface area contributed by atoms with Gasteiger partial charge in [-0.15, -0.1) is 0 Å². The second-order valence-electron chi connectivity index (χ2n) is 4.61. The fourth-order valence-corrected chi connectivity index (χ4v) is 2.17. The van der Waals surface area contributed by atoms with Gasteiger partial charge >= 0.3 is 0 Å². The summed E-state index contributed by atoms with van der Waals surface area (Å²) < 4.78 is 0. The Balaban J connectivity index is 1.84. The monoisotopic (exact) mass is 246 g/mol. The minimum Gasteiger partial charge on any atom is -0.334 e. The van der Waals surface area contributed by atoms with Crippen molar-refractivity contribution in [3.8, 4) is 0 Å². The fraction of sp³-hybridized carbons (Fsp3) is 0.429. The van der Waals surface area contributed by atoms with Gasteiger partial charge in [-0.1, -0.05) is 30.3 Å². The Kier molecular flexibility index (Phi) is 4.10. The Morgan fingerprint density at radius 2 is 1.67 bits per heavy atom. The topological polar surface area (TPSA) is 40.6 Å². The minimum absolute atomic E-state index is 0.352. The molecule has 1 aliphatic heterocycles. The SMILES string of the molecule is CC(=O)C(=O)N1CCN(Cc2ccccc2)CC1. The molecule has 1 amide bonds. The minimum atomic E-state index is -0.369. The zero-order valence-electron chi connectivity index (χ0n) is 10.6. The first kappa shape index (κ1) is 12.8. The molecule has 1 aliphatic rings. The molecule has 1 saturated heterocycles. The first-order valence-electron chi connectivity index (χ1n) is 6.23. The molecule has 1 aromatic carbocycles. The molecule has 1 heterocycles. The quantitative estimate of drug-likeness (QED) is 0.745. The Hall–Kier alpha value is -1.68. The predicted octanol–water partition coefficient (Wildman–Crippen LogP) is 0.920. The molecular formula is C14H18N2O2. The number of amides is 1. The zero-order chi connectivity index (χ0) is 13.0. The van der Waals surface area contributed by atoms with E-state index in [1.165, 1.54) is 12.5 Å². The van der Waals surface area contributed by atoms with Crippen LogP contribution in [-0.4, -0.2) is 47.7 Å². The first-order valence-corrected chi connectivity index (χ1v) is 6.23. The van der Waals surface area contributed by atoms with Gasteiger partial charge in [-0.05, 0) is 5.56 Å². The van der Waals surface area contributed by atoms with E-state index in [2.05, 4.69) is 17.0 Å². The Labute approximate surface area is 107 Å². The van der Waals surface area contributed by atoms with Crippen LogP contribution in [0.3, 0.4) is 0 Å². The molecule has 1 aromatic rings. The van der Waals surface area contributed by atoms with Crippen LogP contribution in [0.1, 0.15) is 12.5 Å². The molecule has 0 radical (unpaired) electrons. The summed E-state index contributed by atoms with van der Waals surface area (Å²) in [7, 11) is 0. The van der Waals surface area contributed by atoms with Gasteiger partial charge in [0, 0.05) is 39.6 Å². The second-order valence-corrected chi connectivity index (χ2v) is 4.61. The number of Topliss-reactive ketones (excluding diaryl/α,β-unsaturated/α-hetero) is 1. The summed E-state index contributed by atoms with van der Waals surface area (Å²) in [6.45, 7) is 5.18. The molecule has 4 heteroatoms. The Morgan fingerprint density at radius 3 is 2.22 bits per heavy atom. The highest BCUT2D eigenvalue weighted by molar-refractivity contribution is 6.35. The Morgan fingerprint density at radius 1 is 1.06 bits per heavy atom. The van der Waals surface area contributed by atoms with Crippen molar-refractivity contribution < 1.29 is 9.59 Å². The maximum atomic E-state index is 11.5. The second kappa shape index (κ2) is 5.78. The van der Waals surface area contributed by atoms with Crippen LogP contribution in [0.5, 0.6) is 0 Å². The van der Waals surface area contributed by atoms with Crippen molar-refractivity contribution in [2.45, 2.75) is 13.5 Å². The van der Waals surface area contributed by atoms with Gasteiger partial charge in [0.1, 0.15) is 0 Å². The molecule has 0 saturated carbocycles. The summed E-state index contributed by atoms with van der Waals surface area (Å²) in [6.07, 6.45) is 0. The number of carbonyl (C=O) groups excluding carboxylic acids is 2. The molecule has 4 nitrogen and oxygen atoms in total. The van der Waals surface area contributed by atoms with Crippen LogP contribution >= 0.6 is 0 Å². The van der Waals surface area contributed by atoms with Crippen LogP contribution in [0.25, 0.3) is 0 Å². The fourth-order valence-electron chi connectivity index (χ4n) is 2.17. The van der Waals surface area contributed by atoms with Crippen LogP contribution in [-0.2, 0) is 16.1 Å². The maximum Gasteiger partial charge on any atom is 0.289 e. The van der Waals surface area contributed by atoms with E-state index >= 15 is 0 Å². The number of carbonyl (C=O) groups is 2. The lowest BCUT2D eigenvalue weighted by atomic mass is 10.2. The summed E-state index contributed by atoms with van der Waals surface area (Å²) in [6, 6.07) is 10.3. The van der Waals surface area contributed by atoms with Gasteiger partial charge < -0.3 is 4.90 Å². The van der Waals surface area contributed by atoms with Crippen LogP contribution in [0, 0.1) is 0 Å². The summed E-state index contributed by atoms with van der Waals surface area (Å²) in [4.78, 5) is 26.5. The third kappa shape index (κ3) is 3.17. The number of hydrogen-bond donors (Lipinski definition) is 0. The lowest BCUT2D eigenvalue weighted by Gasteiger charge is -2.34. The number of rotatable bonds is 3. The zero-order valence-corrected chi connectivity index (χ0v) is 10.6. The highest BCUT2D eigenvalue weighted by Gasteiger charge is 2.23. The third-order valence-electron chi connectivity index (χ3n) is 3.21. The number of hydrogen-bond acceptors (Lipinski definition) is 3. The molecule has 0 atom stereocenters. The summed E-state index contributed by atoms with van der Waals surface area (Å²) >= 11 is 0. The third-order valence-corrected chi connectivity index (χ3v) is 3.21. The lowest BCUT2D eigenvalue weighted by molar-refractivity contribution is -0.144. The van der Waals surface area contributed by atoms with Gasteiger partial charge in [0.05, 0.1) is 0 Å². The van der Waals surface area contributed by atoms with Crippen molar-refractivity contribution in [2.75, 3.05) is 26.2 Å². The number of piperazine rings is 1. The van der Waals surface area contributed by atoms with Crippen molar-refractivity contribution in [3.05, 3.63) is 35.9 Å². The molecule has 0 N–H and O–H groups in total. The molecule has 2 rings (SSSR count). The lowest BCUT2D eigenvalue weighted by Crippen LogP contribution is -2.49. The number of nitrogens with zero attached hydrogens (tertiary/aromatic N) is 2. The van der Waals surface area contributed by atoms with E-state index in [-0.39, 0.29) is 11.7 Å². The van der Waals surface area contributed by atoms with Gasteiger partial charge in [-0.2, -0.15) is 0 Å². The summed E-state index contributed by atoms with van der Waals surface area (Å²) in [5.41, 5.74) is 1.28. The predicted molar refractivity (Wildman–Crippen MR) is 69.0 cm³/mol. The summed E-state index contributed by atoms with van der Waals surface area (Å²) in [5, 5.41) is 0. The van der Waals surface area contributed by atoms with Gasteiger partial charge in [0.25, 0.3) is 5.91 Å². The van der Waals surface area contributed by atoms with Crippen LogP contribution < -0.4 is 0 Å². The number of benzene rings is 1. The maximum absolute atomic E-state index is 11.5. The smallest absolute Gasteiger partial charge is 0.289 e. The molecule has 96 valence electrons. The van der Waals surface area contributed by atoms with Gasteiger partial charge in [0.2, 0.25) is 5.78 Å². The van der Waals surface area contributed by atoms with Crippen molar-refractivity contribution in [2.24, 2.45) is 0 Å². The van der Waals surface area contributed by atoms with Gasteiger partial charge in [-0.3, -0.25) is 14.5 Å². The van der Waals surface area contributed by atoms with Crippen molar-refractivity contribution in [3.63, 3.8) is 0 Å². The van der Waals surface area contributed by atoms with E-state index in [4.69, 9.17) is 0 Å². The highest BCUT2D eigenvalue weighted by Crippen LogP contribution is 2.08. The first-order chi connectivity index (χ1) is 8.66. The standard InChI is InChI=1S/C14H18N2O2/c1-12(17)14(18)16-9-7-15(8-10-16)11-13-5-3-2-4-6-13/h2-6H,7-11H2,1H3. The Bertz CT molecular complexity index is 423. The van der Waals surface area contributed by atoms with Gasteiger partial charge in [-0.25, -0.2) is 0 Å². The van der Waals surface area contributed by atoms with Crippen LogP contribution in [0.2, 0.25) is 0 Å². The van der Waals surface area contributed by atoms with Crippen molar-refractivity contribution >= 4 is 11.7 Å². The molecule has 1 fully saturated rings. The molecule has 0 unspecified atom stereocenters. The number of ketones is 1. The largest absolute Gasteiger partial charge is 0.334 e. The van der Waals surface area contributed by atoms with Crippen LogP contribution in [0.4, 0.5) is 0 Å². The molecular weight excluding hydrogens is 228 g/mol. The van der Waals surface area contributed by atoms with E-state index < -0.39 is 0 Å². The van der Waals surface area contributed by atoms with E-state index in [1.54, 1.807) is 4.90 Å². The average Bonchev–Trinajstić information content (AvgIpc) is 2.40. The summed E-state index contributed by atoms with van der Waals surface area (Å²) in [5.74, 6) is -0.721. The highest BCUT2D eigenvalue weighted by atomic mass is 16.2. The molecule has 0 aliphatic carbocycles. The van der Waals surface area contributed by atoms with E-state index in [0.29, 0.717) is 13.1 Å². The molecule has 0 bridgehead atoms. The normalized spacial score (nSPS) is 16.6. The van der Waals surface area contributed by atoms with Crippen molar-refractivity contribution in [1.82, 2.24) is 9.80 Å². The van der Waals surface area contributed by atoms with E-state index in [0.717, 1.165) is 19.6 Å². The average molecular weight is 246 g/mol. The molecule has 0 aromatic heterocycles. The van der Waals surface area contributed by atoms with Crippen molar-refractivity contribution in [1.29, 1.82) is 0 Å².